The van der Waals surface area contributed by atoms with Gasteiger partial charge in [-0.2, -0.15) is 0 Å². The highest BCUT2D eigenvalue weighted by molar-refractivity contribution is 5.82. The fourth-order valence-electron chi connectivity index (χ4n) is 3.76. The molecule has 1 N–H and O–H groups in total. The Balaban J connectivity index is 1.68. The number of nitrogens with one attached hydrogen (secondary N) is 1. The highest BCUT2D eigenvalue weighted by atomic mass is 16.1. The van der Waals surface area contributed by atoms with Crippen LogP contribution in [0.5, 0.6) is 0 Å². The second-order valence-electron chi connectivity index (χ2n) is 6.29. The first-order valence-corrected chi connectivity index (χ1v) is 7.82. The minimum Gasteiger partial charge on any atom is -0.302 e. The van der Waals surface area contributed by atoms with E-state index in [1.807, 2.05) is 21.3 Å². The Bertz CT molecular complexity index is 926. The molecule has 0 saturated carbocycles. The Labute approximate surface area is 128 Å². The molecule has 3 aliphatic rings. The Morgan fingerprint density at radius 1 is 1.23 bits per heavy atom. The summed E-state index contributed by atoms with van der Waals surface area (Å²) in [6.45, 7) is 1.46. The first-order chi connectivity index (χ1) is 10.8. The molecule has 4 heteroatoms. The summed E-state index contributed by atoms with van der Waals surface area (Å²) in [7, 11) is 0. The predicted molar refractivity (Wildman–Crippen MR) is 86.8 cm³/mol. The average Bonchev–Trinajstić information content (AvgIpc) is 3.30. The molecule has 22 heavy (non-hydrogen) atoms. The van der Waals surface area contributed by atoms with E-state index in [0.29, 0.717) is 18.6 Å². The van der Waals surface area contributed by atoms with Crippen LogP contribution < -0.4 is 11.0 Å². The van der Waals surface area contributed by atoms with Crippen LogP contribution in [0.25, 0.3) is 11.0 Å². The Morgan fingerprint density at radius 3 is 3.14 bits per heavy atom. The largest absolute Gasteiger partial charge is 0.329 e. The summed E-state index contributed by atoms with van der Waals surface area (Å²) in [5.74, 6) is 0. The highest BCUT2D eigenvalue weighted by Gasteiger charge is 2.43. The lowest BCUT2D eigenvalue weighted by atomic mass is 10.0. The van der Waals surface area contributed by atoms with Gasteiger partial charge in [-0.05, 0) is 23.6 Å². The van der Waals surface area contributed by atoms with Crippen molar-refractivity contribution in [1.82, 2.24) is 14.5 Å². The second-order valence-corrected chi connectivity index (χ2v) is 6.29. The van der Waals surface area contributed by atoms with Crippen LogP contribution in [0, 0.1) is 0 Å². The third-order valence-corrected chi connectivity index (χ3v) is 4.90. The molecular weight excluding hydrogens is 274 g/mol. The van der Waals surface area contributed by atoms with Crippen molar-refractivity contribution in [2.24, 2.45) is 0 Å². The maximum atomic E-state index is 12.9. The zero-order valence-corrected chi connectivity index (χ0v) is 12.2. The second kappa shape index (κ2) is 4.34. The fourth-order valence-corrected chi connectivity index (χ4v) is 3.76. The molecule has 3 heterocycles. The number of hydrogen-bond acceptors (Lipinski definition) is 2. The van der Waals surface area contributed by atoms with Gasteiger partial charge in [-0.3, -0.25) is 9.13 Å². The molecule has 5 rings (SSSR count). The molecule has 0 amide bonds. The SMILES string of the molecule is O=c1n(CC2=CC=CC=CC2)c2cccc3c2n1CC1NC31. The first-order valence-electron chi connectivity index (χ1n) is 7.82. The van der Waals surface area contributed by atoms with Crippen LogP contribution in [0.2, 0.25) is 0 Å². The molecule has 0 radical (unpaired) electrons. The van der Waals surface area contributed by atoms with E-state index in [0.717, 1.165) is 24.0 Å². The summed E-state index contributed by atoms with van der Waals surface area (Å²) in [6.07, 6.45) is 11.3. The molecule has 2 atom stereocenters. The third-order valence-electron chi connectivity index (χ3n) is 4.90. The molecule has 1 aromatic heterocycles. The summed E-state index contributed by atoms with van der Waals surface area (Å²) in [5, 5.41) is 3.46. The highest BCUT2D eigenvalue weighted by Crippen LogP contribution is 2.39. The molecule has 2 aromatic rings. The minimum atomic E-state index is 0.118. The lowest BCUT2D eigenvalue weighted by Gasteiger charge is -2.10. The van der Waals surface area contributed by atoms with Crippen LogP contribution >= 0.6 is 0 Å². The molecular formula is C18H17N3O. The van der Waals surface area contributed by atoms with Crippen molar-refractivity contribution in [2.45, 2.75) is 31.6 Å². The zero-order chi connectivity index (χ0) is 14.7. The summed E-state index contributed by atoms with van der Waals surface area (Å²) in [4.78, 5) is 12.9. The van der Waals surface area contributed by atoms with E-state index in [4.69, 9.17) is 0 Å². The van der Waals surface area contributed by atoms with Gasteiger partial charge in [0.2, 0.25) is 0 Å². The van der Waals surface area contributed by atoms with Gasteiger partial charge in [0.25, 0.3) is 0 Å². The summed E-state index contributed by atoms with van der Waals surface area (Å²) in [6, 6.07) is 7.18. The van der Waals surface area contributed by atoms with Gasteiger partial charge in [-0.1, -0.05) is 42.5 Å². The van der Waals surface area contributed by atoms with E-state index in [-0.39, 0.29) is 5.69 Å². The van der Waals surface area contributed by atoms with Gasteiger partial charge in [0.15, 0.2) is 0 Å². The van der Waals surface area contributed by atoms with E-state index in [1.165, 1.54) is 11.1 Å². The molecule has 110 valence electrons. The number of hydrogen-bond donors (Lipinski definition) is 1. The predicted octanol–water partition coefficient (Wildman–Crippen LogP) is 2.27. The van der Waals surface area contributed by atoms with E-state index < -0.39 is 0 Å². The standard InChI is InChI=1S/C18H17N3O/c22-18-20(10-12-6-3-1-2-4-7-12)15-9-5-8-13-16-14(19-16)11-21(18)17(13)15/h1-6,8-9,14,16,19H,7,10-11H2. The number of imidazole rings is 1. The number of benzene rings is 1. The number of nitrogens with zero attached hydrogens (tertiary/aromatic N) is 2. The number of para-hydroxylation sites is 1. The molecule has 0 spiro atoms. The van der Waals surface area contributed by atoms with Gasteiger partial charge in [-0.25, -0.2) is 4.79 Å². The summed E-state index contributed by atoms with van der Waals surface area (Å²) in [5.41, 5.74) is 4.85. The lowest BCUT2D eigenvalue weighted by Crippen LogP contribution is -2.28. The van der Waals surface area contributed by atoms with Crippen molar-refractivity contribution < 1.29 is 0 Å². The molecule has 4 nitrogen and oxygen atoms in total. The van der Waals surface area contributed by atoms with Crippen molar-refractivity contribution >= 4 is 11.0 Å². The van der Waals surface area contributed by atoms with Gasteiger partial charge in [0.1, 0.15) is 0 Å². The van der Waals surface area contributed by atoms with Crippen LogP contribution in [0.4, 0.5) is 0 Å². The van der Waals surface area contributed by atoms with Crippen molar-refractivity contribution in [1.29, 1.82) is 0 Å². The quantitative estimate of drug-likeness (QED) is 0.863. The maximum Gasteiger partial charge on any atom is 0.329 e. The van der Waals surface area contributed by atoms with Gasteiger partial charge in [-0.15, -0.1) is 0 Å². The monoisotopic (exact) mass is 291 g/mol. The third kappa shape index (κ3) is 1.64. The molecule has 2 aliphatic heterocycles. The summed E-state index contributed by atoms with van der Waals surface area (Å²) < 4.78 is 3.89. The van der Waals surface area contributed by atoms with Crippen LogP contribution in [-0.2, 0) is 13.1 Å². The number of fused-ring (bicyclic) bond motifs is 2. The minimum absolute atomic E-state index is 0.118. The molecule has 1 saturated heterocycles. The van der Waals surface area contributed by atoms with Gasteiger partial charge in [0.05, 0.1) is 17.1 Å². The van der Waals surface area contributed by atoms with Gasteiger partial charge < -0.3 is 5.32 Å². The molecule has 1 fully saturated rings. The van der Waals surface area contributed by atoms with Crippen molar-refractivity contribution in [3.05, 3.63) is 70.2 Å². The Kier molecular flexibility index (Phi) is 2.41. The van der Waals surface area contributed by atoms with Crippen LogP contribution in [0.15, 0.2) is 58.9 Å². The van der Waals surface area contributed by atoms with Crippen molar-refractivity contribution in [3.63, 3.8) is 0 Å². The zero-order valence-electron chi connectivity index (χ0n) is 12.2. The maximum absolute atomic E-state index is 12.9. The van der Waals surface area contributed by atoms with Crippen LogP contribution in [0.1, 0.15) is 18.0 Å². The average molecular weight is 291 g/mol. The fraction of sp³-hybridized carbons (Fsp3) is 0.278. The van der Waals surface area contributed by atoms with Crippen LogP contribution in [0.3, 0.4) is 0 Å². The van der Waals surface area contributed by atoms with Gasteiger partial charge in [0, 0.05) is 19.1 Å². The molecule has 1 aromatic carbocycles. The summed E-state index contributed by atoms with van der Waals surface area (Å²) >= 11 is 0. The lowest BCUT2D eigenvalue weighted by molar-refractivity contribution is 0.620. The normalized spacial score (nSPS) is 25.0. The smallest absolute Gasteiger partial charge is 0.302 e. The van der Waals surface area contributed by atoms with E-state index >= 15 is 0 Å². The Hall–Kier alpha value is -2.33. The first kappa shape index (κ1) is 12.2. The van der Waals surface area contributed by atoms with E-state index in [1.54, 1.807) is 0 Å². The molecule has 1 aliphatic carbocycles. The van der Waals surface area contributed by atoms with Crippen molar-refractivity contribution in [2.75, 3.05) is 0 Å². The number of allylic oxidation sites excluding steroid dienone is 6. The topological polar surface area (TPSA) is 48.9 Å². The van der Waals surface area contributed by atoms with Gasteiger partial charge >= 0.3 is 5.69 Å². The molecule has 0 bridgehead atoms. The Morgan fingerprint density at radius 2 is 2.18 bits per heavy atom. The van der Waals surface area contributed by atoms with E-state index in [2.05, 4.69) is 41.7 Å². The number of rotatable bonds is 2. The van der Waals surface area contributed by atoms with E-state index in [9.17, 15) is 4.79 Å². The van der Waals surface area contributed by atoms with Crippen LogP contribution in [-0.4, -0.2) is 15.2 Å². The molecule has 2 unspecified atom stereocenters. The number of aromatic nitrogens is 2. The van der Waals surface area contributed by atoms with Crippen molar-refractivity contribution in [3.8, 4) is 0 Å².